The molecule has 2 aromatic rings. The molecule has 20 heavy (non-hydrogen) atoms. The Bertz CT molecular complexity index is 679. The number of carbonyl (C=O) groups excluding carboxylic acids is 1. The van der Waals surface area contributed by atoms with E-state index in [4.69, 9.17) is 16.7 Å². The average Bonchev–Trinajstić information content (AvgIpc) is 2.86. The van der Waals surface area contributed by atoms with E-state index >= 15 is 0 Å². The molecule has 0 atom stereocenters. The molecule has 1 N–H and O–H groups in total. The van der Waals surface area contributed by atoms with Gasteiger partial charge in [-0.2, -0.15) is 5.10 Å². The van der Waals surface area contributed by atoms with Crippen molar-refractivity contribution in [3.05, 3.63) is 46.7 Å². The zero-order valence-electron chi connectivity index (χ0n) is 10.9. The summed E-state index contributed by atoms with van der Waals surface area (Å²) in [5, 5.41) is 13.3. The molecule has 0 radical (unpaired) electrons. The molecule has 0 saturated carbocycles. The van der Waals surface area contributed by atoms with Crippen LogP contribution in [0.1, 0.15) is 20.8 Å². The second kappa shape index (κ2) is 5.34. The van der Waals surface area contributed by atoms with Crippen LogP contribution in [0.3, 0.4) is 0 Å². The van der Waals surface area contributed by atoms with Crippen LogP contribution in [0, 0.1) is 0 Å². The van der Waals surface area contributed by atoms with Crippen LogP contribution in [0.5, 0.6) is 0 Å². The van der Waals surface area contributed by atoms with E-state index in [1.165, 1.54) is 21.7 Å². The lowest BCUT2D eigenvalue weighted by molar-refractivity contribution is 0.0696. The van der Waals surface area contributed by atoms with Crippen molar-refractivity contribution in [3.63, 3.8) is 0 Å². The summed E-state index contributed by atoms with van der Waals surface area (Å²) in [7, 11) is 3.27. The van der Waals surface area contributed by atoms with Gasteiger partial charge < -0.3 is 10.0 Å². The van der Waals surface area contributed by atoms with E-state index in [-0.39, 0.29) is 22.2 Å². The zero-order valence-corrected chi connectivity index (χ0v) is 11.6. The fraction of sp³-hybridized carbons (Fsp3) is 0.154. The number of nitrogens with zero attached hydrogens (tertiary/aromatic N) is 3. The molecule has 1 aromatic carbocycles. The Morgan fingerprint density at radius 2 is 2.00 bits per heavy atom. The molecule has 6 nitrogen and oxygen atoms in total. The highest BCUT2D eigenvalue weighted by Crippen LogP contribution is 2.21. The summed E-state index contributed by atoms with van der Waals surface area (Å²) in [6, 6.07) is 5.89. The first-order valence-corrected chi connectivity index (χ1v) is 6.08. The van der Waals surface area contributed by atoms with Crippen LogP contribution in [0.2, 0.25) is 5.02 Å². The number of halogens is 1. The van der Waals surface area contributed by atoms with Gasteiger partial charge in [0.25, 0.3) is 5.91 Å². The van der Waals surface area contributed by atoms with Crippen LogP contribution in [0.15, 0.2) is 30.5 Å². The Balaban J connectivity index is 2.38. The molecular weight excluding hydrogens is 282 g/mol. The molecule has 0 spiro atoms. The molecule has 0 saturated heterocycles. The van der Waals surface area contributed by atoms with E-state index in [1.54, 1.807) is 32.4 Å². The third-order valence-corrected chi connectivity index (χ3v) is 2.96. The Morgan fingerprint density at radius 1 is 1.30 bits per heavy atom. The van der Waals surface area contributed by atoms with Gasteiger partial charge in [-0.15, -0.1) is 0 Å². The maximum atomic E-state index is 11.8. The lowest BCUT2D eigenvalue weighted by atomic mass is 10.2. The van der Waals surface area contributed by atoms with E-state index < -0.39 is 5.97 Å². The Morgan fingerprint density at radius 3 is 2.55 bits per heavy atom. The van der Waals surface area contributed by atoms with Gasteiger partial charge in [-0.25, -0.2) is 9.48 Å². The number of carboxylic acid groups (broad SMARTS) is 1. The smallest absolute Gasteiger partial charge is 0.335 e. The second-order valence-corrected chi connectivity index (χ2v) is 4.72. The first-order valence-electron chi connectivity index (χ1n) is 5.70. The number of carboxylic acids is 1. The van der Waals surface area contributed by atoms with E-state index in [1.807, 2.05) is 0 Å². The van der Waals surface area contributed by atoms with E-state index in [0.717, 1.165) is 0 Å². The fourth-order valence-electron chi connectivity index (χ4n) is 1.63. The van der Waals surface area contributed by atoms with Crippen molar-refractivity contribution in [1.82, 2.24) is 14.7 Å². The molecule has 0 fully saturated rings. The molecule has 0 unspecified atom stereocenters. The monoisotopic (exact) mass is 293 g/mol. The van der Waals surface area contributed by atoms with Crippen molar-refractivity contribution >= 4 is 23.5 Å². The largest absolute Gasteiger partial charge is 0.478 e. The molecule has 0 aliphatic carbocycles. The molecule has 0 aliphatic rings. The Kier molecular flexibility index (Phi) is 3.76. The highest BCUT2D eigenvalue weighted by atomic mass is 35.5. The van der Waals surface area contributed by atoms with Crippen molar-refractivity contribution in [3.8, 4) is 5.69 Å². The standard InChI is InChI=1S/C13H12ClN3O3/c1-16(2)12(18)10-5-6-17(15-10)11-4-3-8(13(19)20)7-9(11)14/h3-7H,1-2H3,(H,19,20). The summed E-state index contributed by atoms with van der Waals surface area (Å²) in [6.07, 6.45) is 1.60. The number of amides is 1. The minimum atomic E-state index is -1.05. The van der Waals surface area contributed by atoms with E-state index in [9.17, 15) is 9.59 Å². The maximum absolute atomic E-state index is 11.8. The van der Waals surface area contributed by atoms with Crippen molar-refractivity contribution in [2.75, 3.05) is 14.1 Å². The molecule has 1 amide bonds. The van der Waals surface area contributed by atoms with Gasteiger partial charge >= 0.3 is 5.97 Å². The highest BCUT2D eigenvalue weighted by Gasteiger charge is 2.14. The lowest BCUT2D eigenvalue weighted by Gasteiger charge is -2.08. The molecule has 1 heterocycles. The van der Waals surface area contributed by atoms with Crippen LogP contribution in [-0.4, -0.2) is 45.8 Å². The number of aromatic nitrogens is 2. The third-order valence-electron chi connectivity index (χ3n) is 2.66. The molecule has 2 rings (SSSR count). The van der Waals surface area contributed by atoms with Gasteiger partial charge in [0, 0.05) is 20.3 Å². The molecule has 7 heteroatoms. The predicted octanol–water partition coefficient (Wildman–Crippen LogP) is 1.93. The van der Waals surface area contributed by atoms with Crippen LogP contribution < -0.4 is 0 Å². The van der Waals surface area contributed by atoms with Gasteiger partial charge in [-0.3, -0.25) is 4.79 Å². The summed E-state index contributed by atoms with van der Waals surface area (Å²) >= 11 is 6.04. The van der Waals surface area contributed by atoms with Crippen molar-refractivity contribution in [2.45, 2.75) is 0 Å². The number of aromatic carboxylic acids is 1. The second-order valence-electron chi connectivity index (χ2n) is 4.32. The van der Waals surface area contributed by atoms with Crippen LogP contribution >= 0.6 is 11.6 Å². The third kappa shape index (κ3) is 2.65. The normalized spacial score (nSPS) is 10.3. The van der Waals surface area contributed by atoms with Gasteiger partial charge in [0.2, 0.25) is 0 Å². The Labute approximate surface area is 120 Å². The number of benzene rings is 1. The summed E-state index contributed by atoms with van der Waals surface area (Å²) in [4.78, 5) is 24.0. The van der Waals surface area contributed by atoms with Gasteiger partial charge in [0.15, 0.2) is 5.69 Å². The minimum absolute atomic E-state index is 0.0931. The van der Waals surface area contributed by atoms with E-state index in [0.29, 0.717) is 5.69 Å². The topological polar surface area (TPSA) is 75.4 Å². The molecule has 104 valence electrons. The van der Waals surface area contributed by atoms with Gasteiger partial charge in [-0.1, -0.05) is 11.6 Å². The molecular formula is C13H12ClN3O3. The van der Waals surface area contributed by atoms with Crippen LogP contribution in [-0.2, 0) is 0 Å². The summed E-state index contributed by atoms with van der Waals surface area (Å²) in [6.45, 7) is 0. The van der Waals surface area contributed by atoms with Gasteiger partial charge in [-0.05, 0) is 24.3 Å². The molecule has 0 aliphatic heterocycles. The average molecular weight is 294 g/mol. The SMILES string of the molecule is CN(C)C(=O)c1ccn(-c2ccc(C(=O)O)cc2Cl)n1. The summed E-state index contributed by atoms with van der Waals surface area (Å²) < 4.78 is 1.44. The van der Waals surface area contributed by atoms with E-state index in [2.05, 4.69) is 5.10 Å². The van der Waals surface area contributed by atoms with Crippen LogP contribution in [0.4, 0.5) is 0 Å². The summed E-state index contributed by atoms with van der Waals surface area (Å²) in [5.41, 5.74) is 0.887. The van der Waals surface area contributed by atoms with Crippen molar-refractivity contribution < 1.29 is 14.7 Å². The fourth-order valence-corrected chi connectivity index (χ4v) is 1.89. The highest BCUT2D eigenvalue weighted by molar-refractivity contribution is 6.32. The first-order chi connectivity index (χ1) is 9.40. The van der Waals surface area contributed by atoms with Gasteiger partial charge in [0.05, 0.1) is 16.3 Å². The molecule has 1 aromatic heterocycles. The number of hydrogen-bond acceptors (Lipinski definition) is 3. The van der Waals surface area contributed by atoms with Crippen molar-refractivity contribution in [2.24, 2.45) is 0 Å². The Hall–Kier alpha value is -2.34. The zero-order chi connectivity index (χ0) is 14.9. The first kappa shape index (κ1) is 14.1. The van der Waals surface area contributed by atoms with Crippen molar-refractivity contribution in [1.29, 1.82) is 0 Å². The number of hydrogen-bond donors (Lipinski definition) is 1. The maximum Gasteiger partial charge on any atom is 0.335 e. The lowest BCUT2D eigenvalue weighted by Crippen LogP contribution is -2.22. The predicted molar refractivity (Wildman–Crippen MR) is 73.6 cm³/mol. The number of carbonyl (C=O) groups is 2. The summed E-state index contributed by atoms with van der Waals surface area (Å²) in [5.74, 6) is -1.27. The quantitative estimate of drug-likeness (QED) is 0.938. The van der Waals surface area contributed by atoms with Crippen LogP contribution in [0.25, 0.3) is 5.69 Å². The minimum Gasteiger partial charge on any atom is -0.478 e. The van der Waals surface area contributed by atoms with Gasteiger partial charge in [0.1, 0.15) is 0 Å². The number of rotatable bonds is 3. The molecule has 0 bridgehead atoms.